The van der Waals surface area contributed by atoms with Crippen molar-refractivity contribution >= 4 is 5.97 Å². The van der Waals surface area contributed by atoms with Crippen molar-refractivity contribution in [2.75, 3.05) is 7.11 Å². The molecule has 0 N–H and O–H groups in total. The Labute approximate surface area is 48.1 Å². The van der Waals surface area contributed by atoms with Gasteiger partial charge in [-0.2, -0.15) is 17.6 Å². The van der Waals surface area contributed by atoms with Crippen LogP contribution in [-0.2, 0) is 4.84 Å². The van der Waals surface area contributed by atoms with Crippen LogP contribution in [0.2, 0.25) is 0 Å². The van der Waals surface area contributed by atoms with Gasteiger partial charge in [-0.3, -0.25) is 0 Å². The molecule has 0 heterocycles. The van der Waals surface area contributed by atoms with E-state index in [0.29, 0.717) is 0 Å². The van der Waals surface area contributed by atoms with Gasteiger partial charge in [0.1, 0.15) is 7.11 Å². The van der Waals surface area contributed by atoms with Crippen LogP contribution < -0.4 is 0 Å². The third kappa shape index (κ3) is 2.89. The van der Waals surface area contributed by atoms with Crippen molar-refractivity contribution in [2.24, 2.45) is 5.16 Å². The molecule has 9 heavy (non-hydrogen) atoms. The lowest BCUT2D eigenvalue weighted by atomic mass is 10.7. The zero-order chi connectivity index (χ0) is 7.49. The first-order chi connectivity index (χ1) is 3.98. The quantitative estimate of drug-likeness (QED) is 0.311. The van der Waals surface area contributed by atoms with Crippen LogP contribution in [0.3, 0.4) is 0 Å². The van der Waals surface area contributed by atoms with E-state index in [4.69, 9.17) is 0 Å². The van der Waals surface area contributed by atoms with Crippen molar-refractivity contribution in [1.82, 2.24) is 0 Å². The molecule has 2 nitrogen and oxygen atoms in total. The summed E-state index contributed by atoms with van der Waals surface area (Å²) in [6.45, 7) is 0. The van der Waals surface area contributed by atoms with E-state index in [-0.39, 0.29) is 0 Å². The van der Waals surface area contributed by atoms with E-state index in [1.54, 1.807) is 0 Å². The van der Waals surface area contributed by atoms with E-state index >= 15 is 0 Å². The Bertz CT molecular complexity index is 117. The molecule has 0 unspecified atom stereocenters. The molecule has 0 aromatic rings. The van der Waals surface area contributed by atoms with Crippen LogP contribution in [0.1, 0.15) is 0 Å². The van der Waals surface area contributed by atoms with Crippen LogP contribution in [0.15, 0.2) is 5.16 Å². The summed E-state index contributed by atoms with van der Waals surface area (Å²) < 4.78 is 44.6. The van der Waals surface area contributed by atoms with Gasteiger partial charge in [0, 0.05) is 0 Å². The van der Waals surface area contributed by atoms with E-state index in [1.807, 2.05) is 5.16 Å². The van der Waals surface area contributed by atoms with Gasteiger partial charge in [0.05, 0.1) is 0 Å². The highest BCUT2D eigenvalue weighted by molar-refractivity contribution is 5.79. The summed E-state index contributed by atoms with van der Waals surface area (Å²) in [5.41, 5.74) is 0. The van der Waals surface area contributed by atoms with Crippen molar-refractivity contribution in [3.8, 4) is 0 Å². The smallest absolute Gasteiger partial charge is 0.397 e. The highest BCUT2D eigenvalue weighted by Gasteiger charge is 2.37. The van der Waals surface area contributed by atoms with Crippen molar-refractivity contribution in [3.63, 3.8) is 0 Å². The molecular weight excluding hydrogens is 142 g/mol. The van der Waals surface area contributed by atoms with Crippen LogP contribution in [0.4, 0.5) is 17.6 Å². The van der Waals surface area contributed by atoms with Crippen LogP contribution in [0, 0.1) is 0 Å². The number of nitrogens with zero attached hydrogens (tertiary/aromatic N) is 1. The molecule has 0 spiro atoms. The van der Waals surface area contributed by atoms with Crippen molar-refractivity contribution in [2.45, 2.75) is 6.18 Å². The Morgan fingerprint density at radius 2 is 1.89 bits per heavy atom. The van der Waals surface area contributed by atoms with Gasteiger partial charge in [0.15, 0.2) is 0 Å². The van der Waals surface area contributed by atoms with Crippen molar-refractivity contribution in [1.29, 1.82) is 0 Å². The van der Waals surface area contributed by atoms with E-state index < -0.39 is 12.1 Å². The second kappa shape index (κ2) is 2.65. The number of rotatable bonds is 1. The molecule has 54 valence electrons. The Morgan fingerprint density at radius 3 is 2.00 bits per heavy atom. The van der Waals surface area contributed by atoms with Crippen molar-refractivity contribution < 1.29 is 22.4 Å². The fourth-order valence-electron chi connectivity index (χ4n) is 0.132. The van der Waals surface area contributed by atoms with E-state index in [1.165, 1.54) is 0 Å². The Kier molecular flexibility index (Phi) is 2.41. The molecule has 0 bridgehead atoms. The Hall–Kier alpha value is -0.810. The lowest BCUT2D eigenvalue weighted by molar-refractivity contribution is -0.0706. The molecule has 0 radical (unpaired) electrons. The summed E-state index contributed by atoms with van der Waals surface area (Å²) >= 11 is 0. The Morgan fingerprint density at radius 1 is 1.44 bits per heavy atom. The van der Waals surface area contributed by atoms with E-state index in [2.05, 4.69) is 4.84 Å². The first-order valence-corrected chi connectivity index (χ1v) is 1.82. The van der Waals surface area contributed by atoms with Gasteiger partial charge in [-0.25, -0.2) is 0 Å². The minimum Gasteiger partial charge on any atom is -0.397 e. The molecular formula is C3H3F4NO. The second-order valence-corrected chi connectivity index (χ2v) is 1.06. The SMILES string of the molecule is CON=C(F)C(F)(F)F. The molecule has 0 aromatic carbocycles. The van der Waals surface area contributed by atoms with Gasteiger partial charge in [-0.1, -0.05) is 0 Å². The average molecular weight is 145 g/mol. The number of halogens is 4. The maximum absolute atomic E-state index is 11.4. The molecule has 0 rings (SSSR count). The fourth-order valence-corrected chi connectivity index (χ4v) is 0.132. The first kappa shape index (κ1) is 8.19. The third-order valence-corrected chi connectivity index (χ3v) is 0.405. The van der Waals surface area contributed by atoms with E-state index in [0.717, 1.165) is 7.11 Å². The van der Waals surface area contributed by atoms with Crippen LogP contribution in [-0.4, -0.2) is 19.3 Å². The van der Waals surface area contributed by atoms with Gasteiger partial charge in [-0.15, -0.1) is 0 Å². The third-order valence-electron chi connectivity index (χ3n) is 0.405. The fraction of sp³-hybridized carbons (Fsp3) is 0.667. The van der Waals surface area contributed by atoms with Gasteiger partial charge >= 0.3 is 12.1 Å². The van der Waals surface area contributed by atoms with Gasteiger partial charge in [0.25, 0.3) is 0 Å². The van der Waals surface area contributed by atoms with Crippen LogP contribution >= 0.6 is 0 Å². The van der Waals surface area contributed by atoms with Gasteiger partial charge < -0.3 is 4.84 Å². The highest BCUT2D eigenvalue weighted by atomic mass is 19.4. The van der Waals surface area contributed by atoms with Crippen LogP contribution in [0.25, 0.3) is 0 Å². The molecule has 0 atom stereocenters. The molecule has 0 amide bonds. The molecule has 6 heteroatoms. The molecule has 0 fully saturated rings. The number of hydrogen-bond donors (Lipinski definition) is 0. The summed E-state index contributed by atoms with van der Waals surface area (Å²) in [5, 5.41) is 2.02. The molecule has 0 aliphatic heterocycles. The monoisotopic (exact) mass is 145 g/mol. The predicted octanol–water partition coefficient (Wildman–Crippen LogP) is 1.48. The lowest BCUT2D eigenvalue weighted by Crippen LogP contribution is -2.18. The largest absolute Gasteiger partial charge is 0.465 e. The maximum Gasteiger partial charge on any atom is 0.465 e. The summed E-state index contributed by atoms with van der Waals surface area (Å²) in [4.78, 5) is 3.52. The standard InChI is InChI=1S/C3H3F4NO/c1-9-8-2(4)3(5,6)7/h1H3. The lowest BCUT2D eigenvalue weighted by Gasteiger charge is -1.98. The molecule has 0 aliphatic rings. The zero-order valence-electron chi connectivity index (χ0n) is 4.37. The average Bonchev–Trinajstić information content (AvgIpc) is 1.64. The maximum atomic E-state index is 11.4. The molecule has 0 aromatic heterocycles. The van der Waals surface area contributed by atoms with Gasteiger partial charge in [-0.05, 0) is 5.16 Å². The first-order valence-electron chi connectivity index (χ1n) is 1.82. The molecule has 0 saturated heterocycles. The summed E-state index contributed by atoms with van der Waals surface area (Å²) in [6, 6.07) is 0. The van der Waals surface area contributed by atoms with E-state index in [9.17, 15) is 17.6 Å². The minimum absolute atomic E-state index is 0.825. The summed E-state index contributed by atoms with van der Waals surface area (Å²) in [5.74, 6) is -2.48. The predicted molar refractivity (Wildman–Crippen MR) is 21.6 cm³/mol. The molecule has 0 saturated carbocycles. The van der Waals surface area contributed by atoms with Crippen molar-refractivity contribution in [3.05, 3.63) is 0 Å². The number of hydrogen-bond acceptors (Lipinski definition) is 2. The normalized spacial score (nSPS) is 13.7. The number of oxime groups is 1. The summed E-state index contributed by atoms with van der Waals surface area (Å²) in [7, 11) is 0.825. The highest BCUT2D eigenvalue weighted by Crippen LogP contribution is 2.17. The molecule has 0 aliphatic carbocycles. The second-order valence-electron chi connectivity index (χ2n) is 1.06. The van der Waals surface area contributed by atoms with Gasteiger partial charge in [0.2, 0.25) is 0 Å². The zero-order valence-corrected chi connectivity index (χ0v) is 4.37. The number of alkyl halides is 3. The summed E-state index contributed by atoms with van der Waals surface area (Å²) in [6.07, 6.45) is -5.03. The minimum atomic E-state index is -5.03. The topological polar surface area (TPSA) is 21.6 Å². The van der Waals surface area contributed by atoms with Crippen LogP contribution in [0.5, 0.6) is 0 Å². The Balaban J connectivity index is 4.03.